The zero-order valence-electron chi connectivity index (χ0n) is 9.76. The van der Waals surface area contributed by atoms with E-state index in [1.54, 1.807) is 11.3 Å². The second-order valence-corrected chi connectivity index (χ2v) is 4.33. The Morgan fingerprint density at radius 2 is 2.27 bits per heavy atom. The first-order valence-electron chi connectivity index (χ1n) is 5.45. The smallest absolute Gasteiger partial charge is 0.0340 e. The summed E-state index contributed by atoms with van der Waals surface area (Å²) in [5.74, 6) is 6.08. The lowest BCUT2D eigenvalue weighted by Crippen LogP contribution is -2.20. The summed E-state index contributed by atoms with van der Waals surface area (Å²) < 4.78 is 0. The topological polar surface area (TPSA) is 12.0 Å². The van der Waals surface area contributed by atoms with Crippen LogP contribution in [0.1, 0.15) is 43.9 Å². The average Bonchev–Trinajstić information content (AvgIpc) is 2.64. The number of aryl methyl sites for hydroxylation is 1. The normalized spacial score (nSPS) is 11.9. The van der Waals surface area contributed by atoms with E-state index >= 15 is 0 Å². The third kappa shape index (κ3) is 3.70. The van der Waals surface area contributed by atoms with Crippen molar-refractivity contribution in [1.82, 2.24) is 5.32 Å². The maximum atomic E-state index is 3.52. The zero-order chi connectivity index (χ0) is 11.1. The van der Waals surface area contributed by atoms with Crippen molar-refractivity contribution < 1.29 is 0 Å². The Labute approximate surface area is 96.9 Å². The molecular formula is C13H19NS. The van der Waals surface area contributed by atoms with Crippen molar-refractivity contribution in [2.45, 2.75) is 39.7 Å². The van der Waals surface area contributed by atoms with Crippen LogP contribution in [0.15, 0.2) is 10.8 Å². The molecule has 0 saturated heterocycles. The summed E-state index contributed by atoms with van der Waals surface area (Å²) in [6, 6.07) is 0.474. The van der Waals surface area contributed by atoms with Gasteiger partial charge in [0.05, 0.1) is 0 Å². The Hall–Kier alpha value is -0.780. The molecule has 0 amide bonds. The molecule has 1 aromatic rings. The fraction of sp³-hybridized carbons (Fsp3) is 0.538. The van der Waals surface area contributed by atoms with E-state index in [4.69, 9.17) is 0 Å². The highest BCUT2D eigenvalue weighted by Crippen LogP contribution is 2.24. The molecule has 1 aromatic heterocycles. The highest BCUT2D eigenvalue weighted by atomic mass is 32.1. The minimum atomic E-state index is 0.474. The van der Waals surface area contributed by atoms with Gasteiger partial charge in [-0.15, -0.1) is 11.8 Å². The van der Waals surface area contributed by atoms with Gasteiger partial charge in [-0.25, -0.2) is 0 Å². The zero-order valence-corrected chi connectivity index (χ0v) is 10.6. The van der Waals surface area contributed by atoms with Crippen molar-refractivity contribution >= 4 is 11.3 Å². The Morgan fingerprint density at radius 1 is 1.47 bits per heavy atom. The van der Waals surface area contributed by atoms with Gasteiger partial charge in [-0.05, 0) is 48.7 Å². The van der Waals surface area contributed by atoms with Crippen molar-refractivity contribution in [1.29, 1.82) is 0 Å². The van der Waals surface area contributed by atoms with E-state index in [1.165, 1.54) is 11.1 Å². The van der Waals surface area contributed by atoms with Gasteiger partial charge in [0.15, 0.2) is 0 Å². The number of hydrogen-bond acceptors (Lipinski definition) is 2. The van der Waals surface area contributed by atoms with Crippen LogP contribution in [-0.4, -0.2) is 6.54 Å². The summed E-state index contributed by atoms with van der Waals surface area (Å²) in [5, 5.41) is 7.99. The summed E-state index contributed by atoms with van der Waals surface area (Å²) in [7, 11) is 0. The highest BCUT2D eigenvalue weighted by molar-refractivity contribution is 7.08. The van der Waals surface area contributed by atoms with Gasteiger partial charge in [-0.2, -0.15) is 11.3 Å². The number of rotatable bonds is 5. The van der Waals surface area contributed by atoms with Crippen LogP contribution in [0, 0.1) is 18.8 Å². The second-order valence-electron chi connectivity index (χ2n) is 3.59. The molecule has 0 spiro atoms. The fourth-order valence-electron chi connectivity index (χ4n) is 1.68. The monoisotopic (exact) mass is 221 g/mol. The van der Waals surface area contributed by atoms with E-state index in [0.717, 1.165) is 19.4 Å². The van der Waals surface area contributed by atoms with Crippen molar-refractivity contribution in [2.75, 3.05) is 6.54 Å². The summed E-state index contributed by atoms with van der Waals surface area (Å²) in [6.45, 7) is 7.25. The quantitative estimate of drug-likeness (QED) is 0.750. The number of thiophene rings is 1. The average molecular weight is 221 g/mol. The molecule has 0 saturated carbocycles. The third-order valence-corrected chi connectivity index (χ3v) is 3.34. The predicted octanol–water partition coefficient (Wildman–Crippen LogP) is 3.51. The van der Waals surface area contributed by atoms with Gasteiger partial charge >= 0.3 is 0 Å². The van der Waals surface area contributed by atoms with Crippen LogP contribution in [0.3, 0.4) is 0 Å². The van der Waals surface area contributed by atoms with Crippen LogP contribution in [0.25, 0.3) is 0 Å². The lowest BCUT2D eigenvalue weighted by atomic mass is 10.0. The van der Waals surface area contributed by atoms with E-state index in [2.05, 4.69) is 41.8 Å². The molecule has 15 heavy (non-hydrogen) atoms. The van der Waals surface area contributed by atoms with Gasteiger partial charge in [0.2, 0.25) is 0 Å². The van der Waals surface area contributed by atoms with Gasteiger partial charge in [-0.3, -0.25) is 0 Å². The van der Waals surface area contributed by atoms with Crippen LogP contribution in [0.5, 0.6) is 0 Å². The SMILES string of the molecule is CC#CCCC(NCC)c1cscc1C. The van der Waals surface area contributed by atoms with Gasteiger partial charge in [0, 0.05) is 12.5 Å². The Balaban J connectivity index is 2.64. The second kappa shape index (κ2) is 6.66. The molecule has 82 valence electrons. The number of nitrogens with one attached hydrogen (secondary N) is 1. The van der Waals surface area contributed by atoms with E-state index in [9.17, 15) is 0 Å². The molecule has 1 N–H and O–H groups in total. The predicted molar refractivity (Wildman–Crippen MR) is 68.2 cm³/mol. The first-order valence-corrected chi connectivity index (χ1v) is 6.39. The maximum Gasteiger partial charge on any atom is 0.0340 e. The molecule has 1 unspecified atom stereocenters. The standard InChI is InChI=1S/C13H19NS/c1-4-6-7-8-13(14-5-2)12-10-15-9-11(12)3/h9-10,13-14H,5,7-8H2,1-3H3. The highest BCUT2D eigenvalue weighted by Gasteiger charge is 2.12. The van der Waals surface area contributed by atoms with Crippen molar-refractivity contribution in [3.8, 4) is 11.8 Å². The third-order valence-electron chi connectivity index (χ3n) is 2.46. The van der Waals surface area contributed by atoms with Crippen molar-refractivity contribution in [3.05, 3.63) is 21.9 Å². The molecular weight excluding hydrogens is 202 g/mol. The Bertz CT molecular complexity index is 343. The van der Waals surface area contributed by atoms with Crippen LogP contribution in [-0.2, 0) is 0 Å². The molecule has 0 radical (unpaired) electrons. The molecule has 0 aliphatic heterocycles. The summed E-state index contributed by atoms with van der Waals surface area (Å²) in [5.41, 5.74) is 2.84. The van der Waals surface area contributed by atoms with Crippen molar-refractivity contribution in [3.63, 3.8) is 0 Å². The summed E-state index contributed by atoms with van der Waals surface area (Å²) >= 11 is 1.78. The Kier molecular flexibility index (Phi) is 5.45. The molecule has 0 aromatic carbocycles. The first-order chi connectivity index (χ1) is 7.29. The summed E-state index contributed by atoms with van der Waals surface area (Å²) in [6.07, 6.45) is 2.08. The van der Waals surface area contributed by atoms with Gasteiger partial charge in [0.25, 0.3) is 0 Å². The summed E-state index contributed by atoms with van der Waals surface area (Å²) in [4.78, 5) is 0. The van der Waals surface area contributed by atoms with E-state index in [1.807, 2.05) is 6.92 Å². The maximum absolute atomic E-state index is 3.52. The van der Waals surface area contributed by atoms with Crippen LogP contribution < -0.4 is 5.32 Å². The molecule has 0 aliphatic rings. The minimum Gasteiger partial charge on any atom is -0.310 e. The van der Waals surface area contributed by atoms with Gasteiger partial charge < -0.3 is 5.32 Å². The van der Waals surface area contributed by atoms with Crippen LogP contribution in [0.2, 0.25) is 0 Å². The van der Waals surface area contributed by atoms with Gasteiger partial charge in [0.1, 0.15) is 0 Å². The van der Waals surface area contributed by atoms with E-state index in [-0.39, 0.29) is 0 Å². The number of hydrogen-bond donors (Lipinski definition) is 1. The lowest BCUT2D eigenvalue weighted by Gasteiger charge is -2.16. The lowest BCUT2D eigenvalue weighted by molar-refractivity contribution is 0.522. The molecule has 1 rings (SSSR count). The molecule has 1 atom stereocenters. The van der Waals surface area contributed by atoms with Gasteiger partial charge in [-0.1, -0.05) is 6.92 Å². The molecule has 1 heterocycles. The molecule has 0 aliphatic carbocycles. The molecule has 0 fully saturated rings. The largest absolute Gasteiger partial charge is 0.310 e. The van der Waals surface area contributed by atoms with Crippen LogP contribution in [0.4, 0.5) is 0 Å². The van der Waals surface area contributed by atoms with Crippen LogP contribution >= 0.6 is 11.3 Å². The fourth-order valence-corrected chi connectivity index (χ4v) is 2.59. The van der Waals surface area contributed by atoms with E-state index < -0.39 is 0 Å². The van der Waals surface area contributed by atoms with E-state index in [0.29, 0.717) is 6.04 Å². The van der Waals surface area contributed by atoms with Crippen molar-refractivity contribution in [2.24, 2.45) is 0 Å². The molecule has 2 heteroatoms. The molecule has 1 nitrogen and oxygen atoms in total. The Morgan fingerprint density at radius 3 is 2.80 bits per heavy atom. The first kappa shape index (κ1) is 12.3. The minimum absolute atomic E-state index is 0.474. The molecule has 0 bridgehead atoms.